The topological polar surface area (TPSA) is 35.5 Å². The smallest absolute Gasteiger partial charge is 0.293 e. The number of hydrogen-bond acceptors (Lipinski definition) is 3. The number of carbonyl (C=O) groups is 1. The van der Waals surface area contributed by atoms with Crippen LogP contribution in [-0.2, 0) is 9.78 Å². The highest BCUT2D eigenvalue weighted by Gasteiger charge is 2.58. The first-order valence-corrected chi connectivity index (χ1v) is 11.9. The fourth-order valence-corrected chi connectivity index (χ4v) is 8.03. The predicted molar refractivity (Wildman–Crippen MR) is 113 cm³/mol. The van der Waals surface area contributed by atoms with Crippen molar-refractivity contribution in [2.24, 2.45) is 34.5 Å². The molecule has 29 heavy (non-hydrogen) atoms. The molecule has 0 amide bonds. The SMILES string of the molecule is C[C@@]12CCC[C@H]1[C@@H]1CC[C@H]3C[C@H](OOC(=O)c4ccccc4)CC[C@]3(C)[C@H]1CC2. The molecule has 0 spiro atoms. The summed E-state index contributed by atoms with van der Waals surface area (Å²) < 4.78 is 0. The van der Waals surface area contributed by atoms with E-state index < -0.39 is 0 Å². The van der Waals surface area contributed by atoms with Gasteiger partial charge in [-0.1, -0.05) is 38.5 Å². The minimum absolute atomic E-state index is 0.0534. The third-order valence-electron chi connectivity index (χ3n) is 9.67. The number of fused-ring (bicyclic) bond motifs is 5. The molecule has 158 valence electrons. The fraction of sp³-hybridized carbons (Fsp3) is 0.731. The molecule has 5 rings (SSSR count). The van der Waals surface area contributed by atoms with E-state index in [4.69, 9.17) is 9.78 Å². The van der Waals surface area contributed by atoms with Gasteiger partial charge in [0.15, 0.2) is 0 Å². The molecule has 0 unspecified atom stereocenters. The van der Waals surface area contributed by atoms with Crippen molar-refractivity contribution in [2.45, 2.75) is 84.2 Å². The first-order chi connectivity index (χ1) is 14.0. The van der Waals surface area contributed by atoms with Crippen LogP contribution in [0.25, 0.3) is 0 Å². The highest BCUT2D eigenvalue weighted by molar-refractivity contribution is 5.88. The first-order valence-electron chi connectivity index (χ1n) is 11.9. The second kappa shape index (κ2) is 7.41. The monoisotopic (exact) mass is 396 g/mol. The van der Waals surface area contributed by atoms with Crippen LogP contribution < -0.4 is 0 Å². The Labute approximate surface area is 175 Å². The van der Waals surface area contributed by atoms with Crippen molar-refractivity contribution in [3.63, 3.8) is 0 Å². The number of hydrogen-bond donors (Lipinski definition) is 0. The lowest BCUT2D eigenvalue weighted by Gasteiger charge is -2.60. The summed E-state index contributed by atoms with van der Waals surface area (Å²) in [6.07, 6.45) is 13.3. The van der Waals surface area contributed by atoms with Gasteiger partial charge in [0.1, 0.15) is 6.10 Å². The van der Waals surface area contributed by atoms with Gasteiger partial charge in [0.25, 0.3) is 0 Å². The Kier molecular flexibility index (Phi) is 5.01. The average molecular weight is 397 g/mol. The van der Waals surface area contributed by atoms with Crippen LogP contribution in [0.5, 0.6) is 0 Å². The van der Waals surface area contributed by atoms with Crippen molar-refractivity contribution in [2.75, 3.05) is 0 Å². The zero-order chi connectivity index (χ0) is 20.1. The number of rotatable bonds is 3. The maximum Gasteiger partial charge on any atom is 0.373 e. The molecule has 1 aromatic rings. The van der Waals surface area contributed by atoms with E-state index in [1.165, 1.54) is 51.4 Å². The van der Waals surface area contributed by atoms with Crippen molar-refractivity contribution >= 4 is 5.97 Å². The minimum Gasteiger partial charge on any atom is -0.293 e. The summed E-state index contributed by atoms with van der Waals surface area (Å²) >= 11 is 0. The first kappa shape index (κ1) is 19.6. The highest BCUT2D eigenvalue weighted by atomic mass is 17.2. The molecule has 0 aliphatic heterocycles. The van der Waals surface area contributed by atoms with Gasteiger partial charge in [-0.05, 0) is 104 Å². The van der Waals surface area contributed by atoms with E-state index in [-0.39, 0.29) is 12.1 Å². The minimum atomic E-state index is -0.379. The lowest BCUT2D eigenvalue weighted by molar-refractivity contribution is -0.291. The lowest BCUT2D eigenvalue weighted by Crippen LogP contribution is -2.53. The van der Waals surface area contributed by atoms with Crippen LogP contribution in [0.3, 0.4) is 0 Å². The Balaban J connectivity index is 1.22. The van der Waals surface area contributed by atoms with Gasteiger partial charge in [-0.15, -0.1) is 0 Å². The molecule has 1 aromatic carbocycles. The van der Waals surface area contributed by atoms with E-state index >= 15 is 0 Å². The number of carbonyl (C=O) groups excluding carboxylic acids is 1. The molecule has 3 heteroatoms. The molecule has 7 atom stereocenters. The summed E-state index contributed by atoms with van der Waals surface area (Å²) in [5, 5.41) is 0. The maximum absolute atomic E-state index is 12.2. The molecule has 4 fully saturated rings. The number of benzene rings is 1. The van der Waals surface area contributed by atoms with Crippen molar-refractivity contribution in [1.29, 1.82) is 0 Å². The molecule has 0 aromatic heterocycles. The van der Waals surface area contributed by atoms with Crippen molar-refractivity contribution in [3.05, 3.63) is 35.9 Å². The molecule has 0 bridgehead atoms. The largest absolute Gasteiger partial charge is 0.373 e. The third-order valence-corrected chi connectivity index (χ3v) is 9.67. The van der Waals surface area contributed by atoms with Crippen molar-refractivity contribution in [1.82, 2.24) is 0 Å². The zero-order valence-electron chi connectivity index (χ0n) is 18.1. The van der Waals surface area contributed by atoms with Gasteiger partial charge >= 0.3 is 5.97 Å². The zero-order valence-corrected chi connectivity index (χ0v) is 18.1. The summed E-state index contributed by atoms with van der Waals surface area (Å²) in [5.41, 5.74) is 1.64. The molecule has 3 nitrogen and oxygen atoms in total. The Bertz CT molecular complexity index is 746. The van der Waals surface area contributed by atoms with E-state index in [1.54, 1.807) is 12.1 Å². The standard InChI is InChI=1S/C26H36O3/c1-25-14-6-9-22(25)21-11-10-19-17-20(12-16-26(19,2)23(21)13-15-25)28-29-24(27)18-7-4-3-5-8-18/h3-5,7-8,19-23H,6,9-17H2,1-2H3/t19-,20+,21-,22-,23-,25-,26-/m0/s1. The van der Waals surface area contributed by atoms with Crippen LogP contribution in [-0.4, -0.2) is 12.1 Å². The van der Waals surface area contributed by atoms with E-state index in [9.17, 15) is 4.79 Å². The molecule has 0 saturated heterocycles. The van der Waals surface area contributed by atoms with E-state index in [2.05, 4.69) is 13.8 Å². The van der Waals surface area contributed by atoms with E-state index in [0.29, 0.717) is 22.3 Å². The van der Waals surface area contributed by atoms with Crippen LogP contribution in [0, 0.1) is 34.5 Å². The van der Waals surface area contributed by atoms with Crippen molar-refractivity contribution in [3.8, 4) is 0 Å². The lowest BCUT2D eigenvalue weighted by atomic mass is 9.45. The molecule has 4 aliphatic rings. The van der Waals surface area contributed by atoms with Crippen LogP contribution in [0.4, 0.5) is 0 Å². The predicted octanol–water partition coefficient (Wildman–Crippen LogP) is 6.58. The normalized spacial score (nSPS) is 43.7. The van der Waals surface area contributed by atoms with Crippen LogP contribution in [0.15, 0.2) is 30.3 Å². The Morgan fingerprint density at radius 2 is 1.76 bits per heavy atom. The Hall–Kier alpha value is -1.35. The highest BCUT2D eigenvalue weighted by Crippen LogP contribution is 2.66. The van der Waals surface area contributed by atoms with E-state index in [1.807, 2.05) is 18.2 Å². The molecule has 0 N–H and O–H groups in total. The quantitative estimate of drug-likeness (QED) is 0.428. The Morgan fingerprint density at radius 1 is 0.931 bits per heavy atom. The van der Waals surface area contributed by atoms with Gasteiger partial charge in [-0.3, -0.25) is 4.89 Å². The molecule has 0 radical (unpaired) electrons. The molecular weight excluding hydrogens is 360 g/mol. The van der Waals surface area contributed by atoms with Gasteiger partial charge in [0, 0.05) is 0 Å². The molecule has 4 saturated carbocycles. The van der Waals surface area contributed by atoms with Crippen LogP contribution in [0.2, 0.25) is 0 Å². The summed E-state index contributed by atoms with van der Waals surface area (Å²) in [7, 11) is 0. The fourth-order valence-electron chi connectivity index (χ4n) is 8.03. The van der Waals surface area contributed by atoms with Crippen molar-refractivity contribution < 1.29 is 14.6 Å². The molecule has 0 heterocycles. The molecule has 4 aliphatic carbocycles. The second-order valence-corrected chi connectivity index (χ2v) is 11.0. The second-order valence-electron chi connectivity index (χ2n) is 11.0. The third kappa shape index (κ3) is 3.34. The van der Waals surface area contributed by atoms with E-state index in [0.717, 1.165) is 30.6 Å². The summed E-state index contributed by atoms with van der Waals surface area (Å²) in [6.45, 7) is 5.17. The van der Waals surface area contributed by atoms with Gasteiger partial charge < -0.3 is 0 Å². The summed E-state index contributed by atoms with van der Waals surface area (Å²) in [6, 6.07) is 9.13. The molecular formula is C26H36O3. The van der Waals surface area contributed by atoms with Gasteiger partial charge in [-0.25, -0.2) is 4.79 Å². The maximum atomic E-state index is 12.2. The van der Waals surface area contributed by atoms with Crippen LogP contribution >= 0.6 is 0 Å². The van der Waals surface area contributed by atoms with Crippen LogP contribution in [0.1, 0.15) is 88.4 Å². The van der Waals surface area contributed by atoms with Gasteiger partial charge in [0.05, 0.1) is 5.56 Å². The summed E-state index contributed by atoms with van der Waals surface area (Å²) in [4.78, 5) is 23.1. The van der Waals surface area contributed by atoms with Gasteiger partial charge in [-0.2, -0.15) is 4.89 Å². The Morgan fingerprint density at radius 3 is 2.59 bits per heavy atom. The van der Waals surface area contributed by atoms with Gasteiger partial charge in [0.2, 0.25) is 0 Å². The average Bonchev–Trinajstić information content (AvgIpc) is 3.14. The summed E-state index contributed by atoms with van der Waals surface area (Å²) in [5.74, 6) is 3.15.